The van der Waals surface area contributed by atoms with Gasteiger partial charge in [0.05, 0.1) is 12.7 Å². The second kappa shape index (κ2) is 12.0. The number of amides is 2. The third kappa shape index (κ3) is 5.71. The molecule has 6 nitrogen and oxygen atoms in total. The first-order valence-electron chi connectivity index (χ1n) is 12.3. The van der Waals surface area contributed by atoms with Crippen molar-refractivity contribution in [1.82, 2.24) is 14.7 Å². The van der Waals surface area contributed by atoms with Gasteiger partial charge in [0.25, 0.3) is 11.8 Å². The number of rotatable bonds is 12. The summed E-state index contributed by atoms with van der Waals surface area (Å²) in [5.74, 6) is 0.295. The van der Waals surface area contributed by atoms with Gasteiger partial charge in [-0.05, 0) is 19.5 Å². The average molecular weight is 442 g/mol. The number of methoxy groups -OCH3 is 1. The highest BCUT2D eigenvalue weighted by molar-refractivity contribution is 6.36. The smallest absolute Gasteiger partial charge is 0.277 e. The molecule has 0 aromatic heterocycles. The number of nitrogens with zero attached hydrogens (tertiary/aromatic N) is 3. The molecule has 3 rings (SSSR count). The minimum Gasteiger partial charge on any atom is -0.496 e. The number of carbonyl (C=O) groups excluding carboxylic acids is 2. The van der Waals surface area contributed by atoms with E-state index in [9.17, 15) is 9.59 Å². The first-order valence-corrected chi connectivity index (χ1v) is 12.3. The van der Waals surface area contributed by atoms with Gasteiger partial charge in [0.1, 0.15) is 11.4 Å². The van der Waals surface area contributed by atoms with E-state index in [4.69, 9.17) is 4.74 Å². The van der Waals surface area contributed by atoms with Gasteiger partial charge in [0.2, 0.25) is 0 Å². The fourth-order valence-corrected chi connectivity index (χ4v) is 4.59. The molecule has 6 heteroatoms. The molecule has 0 bridgehead atoms. The number of benzene rings is 1. The molecule has 0 N–H and O–H groups in total. The first-order chi connectivity index (χ1) is 15.6. The van der Waals surface area contributed by atoms with Crippen LogP contribution in [-0.4, -0.2) is 73.4 Å². The molecule has 1 aromatic carbocycles. The molecule has 1 saturated heterocycles. The van der Waals surface area contributed by atoms with Crippen molar-refractivity contribution >= 4 is 17.4 Å². The molecule has 1 fully saturated rings. The van der Waals surface area contributed by atoms with E-state index >= 15 is 0 Å². The molecule has 0 unspecified atom stereocenters. The Labute approximate surface area is 193 Å². The fourth-order valence-electron chi connectivity index (χ4n) is 4.59. The molecule has 2 aliphatic rings. The van der Waals surface area contributed by atoms with Crippen molar-refractivity contribution in [2.75, 3.05) is 46.9 Å². The lowest BCUT2D eigenvalue weighted by Crippen LogP contribution is -2.46. The van der Waals surface area contributed by atoms with Gasteiger partial charge >= 0.3 is 0 Å². The zero-order valence-electron chi connectivity index (χ0n) is 20.1. The van der Waals surface area contributed by atoms with Crippen LogP contribution in [0.5, 0.6) is 5.75 Å². The Balaban J connectivity index is 1.72. The highest BCUT2D eigenvalue weighted by Crippen LogP contribution is 2.36. The lowest BCUT2D eigenvalue weighted by molar-refractivity contribution is -0.137. The fraction of sp³-hybridized carbons (Fsp3) is 0.615. The van der Waals surface area contributed by atoms with Crippen LogP contribution in [0, 0.1) is 0 Å². The number of hydrogen-bond donors (Lipinski definition) is 0. The maximum atomic E-state index is 13.5. The number of piperazine rings is 1. The predicted octanol–water partition coefficient (Wildman–Crippen LogP) is 4.16. The van der Waals surface area contributed by atoms with Crippen LogP contribution >= 0.6 is 0 Å². The standard InChI is InChI=1S/C26H39N3O3/c1-4-5-6-7-8-9-10-13-16-29-25(30)23(21-14-11-12-15-22(21)32-3)24(26(29)31)28-19-17-27(2)18-20-28/h11-12,14-15H,4-10,13,16-20H2,1-3H3. The number of para-hydroxylation sites is 1. The van der Waals surface area contributed by atoms with E-state index in [1.54, 1.807) is 7.11 Å². The third-order valence-corrected chi connectivity index (χ3v) is 6.57. The Morgan fingerprint density at radius 2 is 1.47 bits per heavy atom. The summed E-state index contributed by atoms with van der Waals surface area (Å²) < 4.78 is 5.54. The number of ether oxygens (including phenoxy) is 1. The van der Waals surface area contributed by atoms with Crippen LogP contribution in [0.15, 0.2) is 30.0 Å². The van der Waals surface area contributed by atoms with Gasteiger partial charge in [-0.25, -0.2) is 0 Å². The summed E-state index contributed by atoms with van der Waals surface area (Å²) in [5, 5.41) is 0. The largest absolute Gasteiger partial charge is 0.496 e. The molecule has 0 saturated carbocycles. The highest BCUT2D eigenvalue weighted by Gasteiger charge is 2.42. The summed E-state index contributed by atoms with van der Waals surface area (Å²) in [7, 11) is 3.69. The summed E-state index contributed by atoms with van der Waals surface area (Å²) in [6.45, 7) is 5.96. The SMILES string of the molecule is CCCCCCCCCCN1C(=O)C(c2ccccc2OC)=C(N2CCN(C)CC2)C1=O. The zero-order valence-corrected chi connectivity index (χ0v) is 20.1. The summed E-state index contributed by atoms with van der Waals surface area (Å²) in [5.41, 5.74) is 1.75. The maximum Gasteiger partial charge on any atom is 0.277 e. The average Bonchev–Trinajstić information content (AvgIpc) is 3.05. The van der Waals surface area contributed by atoms with Crippen molar-refractivity contribution in [3.8, 4) is 5.75 Å². The first kappa shape index (κ1) is 24.3. The number of hydrogen-bond acceptors (Lipinski definition) is 5. The Kier molecular flexibility index (Phi) is 9.15. The second-order valence-corrected chi connectivity index (χ2v) is 8.95. The van der Waals surface area contributed by atoms with Crippen LogP contribution in [0.1, 0.15) is 63.9 Å². The van der Waals surface area contributed by atoms with Gasteiger partial charge in [0, 0.05) is 38.3 Å². The van der Waals surface area contributed by atoms with Crippen molar-refractivity contribution < 1.29 is 14.3 Å². The molecule has 2 heterocycles. The van der Waals surface area contributed by atoms with Crippen LogP contribution in [0.2, 0.25) is 0 Å². The molecular weight excluding hydrogens is 402 g/mol. The number of imide groups is 1. The number of carbonyl (C=O) groups is 2. The summed E-state index contributed by atoms with van der Waals surface area (Å²) in [6.07, 6.45) is 9.47. The van der Waals surface area contributed by atoms with E-state index < -0.39 is 0 Å². The molecule has 0 atom stereocenters. The minimum absolute atomic E-state index is 0.150. The molecule has 0 radical (unpaired) electrons. The maximum absolute atomic E-state index is 13.5. The van der Waals surface area contributed by atoms with Crippen LogP contribution in [0.4, 0.5) is 0 Å². The van der Waals surface area contributed by atoms with Crippen molar-refractivity contribution in [1.29, 1.82) is 0 Å². The Hall–Kier alpha value is -2.34. The Bertz CT molecular complexity index is 812. The lowest BCUT2D eigenvalue weighted by atomic mass is 10.0. The van der Waals surface area contributed by atoms with Gasteiger partial charge in [-0.15, -0.1) is 0 Å². The molecular formula is C26H39N3O3. The summed E-state index contributed by atoms with van der Waals surface area (Å²) in [6, 6.07) is 7.52. The van der Waals surface area contributed by atoms with Crippen LogP contribution in [0.3, 0.4) is 0 Å². The van der Waals surface area contributed by atoms with Crippen molar-refractivity contribution in [3.05, 3.63) is 35.5 Å². The van der Waals surface area contributed by atoms with Gasteiger partial charge in [-0.1, -0.05) is 70.1 Å². The summed E-state index contributed by atoms with van der Waals surface area (Å²) >= 11 is 0. The van der Waals surface area contributed by atoms with Crippen molar-refractivity contribution in [2.24, 2.45) is 0 Å². The molecule has 2 aliphatic heterocycles. The Morgan fingerprint density at radius 3 is 2.12 bits per heavy atom. The minimum atomic E-state index is -0.184. The van der Waals surface area contributed by atoms with E-state index in [0.29, 0.717) is 29.1 Å². The highest BCUT2D eigenvalue weighted by atomic mass is 16.5. The zero-order chi connectivity index (χ0) is 22.9. The lowest BCUT2D eigenvalue weighted by Gasteiger charge is -2.34. The molecule has 32 heavy (non-hydrogen) atoms. The topological polar surface area (TPSA) is 53.1 Å². The van der Waals surface area contributed by atoms with Gasteiger partial charge < -0.3 is 14.5 Å². The van der Waals surface area contributed by atoms with Crippen LogP contribution in [0.25, 0.3) is 5.57 Å². The van der Waals surface area contributed by atoms with Gasteiger partial charge in [0.15, 0.2) is 0 Å². The second-order valence-electron chi connectivity index (χ2n) is 8.95. The van der Waals surface area contributed by atoms with Crippen LogP contribution in [-0.2, 0) is 9.59 Å². The van der Waals surface area contributed by atoms with Gasteiger partial charge in [-0.2, -0.15) is 0 Å². The predicted molar refractivity (Wildman–Crippen MR) is 128 cm³/mol. The molecule has 0 aliphatic carbocycles. The van der Waals surface area contributed by atoms with E-state index in [0.717, 1.165) is 45.4 Å². The van der Waals surface area contributed by atoms with Gasteiger partial charge in [-0.3, -0.25) is 14.5 Å². The molecule has 0 spiro atoms. The van der Waals surface area contributed by atoms with E-state index in [-0.39, 0.29) is 11.8 Å². The van der Waals surface area contributed by atoms with Crippen molar-refractivity contribution in [3.63, 3.8) is 0 Å². The third-order valence-electron chi connectivity index (χ3n) is 6.57. The molecule has 1 aromatic rings. The molecule has 176 valence electrons. The van der Waals surface area contributed by atoms with Crippen LogP contribution < -0.4 is 4.74 Å². The quantitative estimate of drug-likeness (QED) is 0.360. The van der Waals surface area contributed by atoms with Crippen molar-refractivity contribution in [2.45, 2.75) is 58.3 Å². The number of unbranched alkanes of at least 4 members (excludes halogenated alkanes) is 7. The monoisotopic (exact) mass is 441 g/mol. The van der Waals surface area contributed by atoms with E-state index in [1.807, 2.05) is 24.3 Å². The van der Waals surface area contributed by atoms with E-state index in [2.05, 4.69) is 23.8 Å². The van der Waals surface area contributed by atoms with E-state index in [1.165, 1.54) is 37.0 Å². The summed E-state index contributed by atoms with van der Waals surface area (Å²) in [4.78, 5) is 32.8. The normalized spacial score (nSPS) is 17.6. The Morgan fingerprint density at radius 1 is 0.844 bits per heavy atom. The molecule has 2 amide bonds. The number of likely N-dealkylation sites (N-methyl/N-ethyl adjacent to an activating group) is 1.